The Hall–Kier alpha value is -10.4. The van der Waals surface area contributed by atoms with Gasteiger partial charge in [-0.1, -0.05) is 210 Å². The Kier molecular flexibility index (Phi) is 37.8. The van der Waals surface area contributed by atoms with Crippen LogP contribution < -0.4 is 0 Å². The van der Waals surface area contributed by atoms with Crippen molar-refractivity contribution in [3.8, 4) is 112 Å². The molecular weight excluding hydrogens is 2080 g/mol. The normalized spacial score (nSPS) is 10.1. The fourth-order valence-electron chi connectivity index (χ4n) is 11.8. The number of hydrogen-bond acceptors (Lipinski definition) is 8. The van der Waals surface area contributed by atoms with E-state index in [0.29, 0.717) is 17.8 Å². The van der Waals surface area contributed by atoms with Crippen LogP contribution >= 0.6 is 0 Å². The molecule has 0 spiro atoms. The summed E-state index contributed by atoms with van der Waals surface area (Å²) in [6.07, 6.45) is 16.9. The maximum absolute atomic E-state index is 4.52. The van der Waals surface area contributed by atoms with Crippen molar-refractivity contribution in [2.75, 3.05) is 0 Å². The number of hydrogen-bond donors (Lipinski definition) is 0. The number of aryl methyl sites for hydroxylation is 1. The van der Waals surface area contributed by atoms with Gasteiger partial charge in [-0.25, -0.2) is 0 Å². The van der Waals surface area contributed by atoms with Gasteiger partial charge in [-0.05, 0) is 178 Å². The smallest absolute Gasteiger partial charge is 0.0892 e. The Bertz CT molecular complexity index is 5040. The van der Waals surface area contributed by atoms with Crippen molar-refractivity contribution < 1.29 is 80.4 Å². The molecule has 8 heterocycles. The van der Waals surface area contributed by atoms with Gasteiger partial charge >= 0.3 is 0 Å². The Morgan fingerprint density at radius 1 is 0.232 bits per heavy atom. The van der Waals surface area contributed by atoms with Crippen molar-refractivity contribution in [2.45, 2.75) is 67.2 Å². The van der Waals surface area contributed by atoms with Crippen LogP contribution in [0.3, 0.4) is 0 Å². The molecule has 0 aliphatic heterocycles. The molecule has 0 saturated heterocycles. The first kappa shape index (κ1) is 88.8. The van der Waals surface area contributed by atoms with Gasteiger partial charge in [0.05, 0.1) is 22.8 Å². The van der Waals surface area contributed by atoms with Gasteiger partial charge in [0.1, 0.15) is 0 Å². The van der Waals surface area contributed by atoms with Crippen LogP contribution in [0.25, 0.3) is 112 Å². The quantitative estimate of drug-likeness (QED) is 0.0935. The van der Waals surface area contributed by atoms with E-state index in [-0.39, 0.29) is 80.4 Å². The van der Waals surface area contributed by atoms with Gasteiger partial charge < -0.3 is 19.9 Å². The zero-order valence-electron chi connectivity index (χ0n) is 63.7. The molecule has 16 rings (SSSR count). The van der Waals surface area contributed by atoms with Crippen LogP contribution in [-0.4, -0.2) is 39.9 Å². The summed E-state index contributed by atoms with van der Waals surface area (Å²) in [5, 5.41) is 0. The van der Waals surface area contributed by atoms with Gasteiger partial charge in [-0.15, -0.1) is 143 Å². The first-order valence-corrected chi connectivity index (χ1v) is 36.7. The minimum Gasteiger partial charge on any atom is -0.305 e. The van der Waals surface area contributed by atoms with Crippen LogP contribution in [0.1, 0.15) is 69.7 Å². The molecule has 0 saturated carbocycles. The van der Waals surface area contributed by atoms with E-state index in [1.807, 2.05) is 189 Å². The van der Waals surface area contributed by atoms with Gasteiger partial charge in [0.2, 0.25) is 0 Å². The predicted octanol–water partition coefficient (Wildman–Crippen LogP) is 25.0. The van der Waals surface area contributed by atoms with E-state index in [9.17, 15) is 0 Å². The van der Waals surface area contributed by atoms with Crippen LogP contribution in [0.15, 0.2) is 365 Å². The van der Waals surface area contributed by atoms with Crippen molar-refractivity contribution in [1.29, 1.82) is 0 Å². The number of aromatic nitrogens is 8. The van der Waals surface area contributed by atoms with Gasteiger partial charge in [-0.3, -0.25) is 19.9 Å². The second kappa shape index (κ2) is 47.7. The molecule has 4 radical (unpaired) electrons. The van der Waals surface area contributed by atoms with E-state index >= 15 is 0 Å². The van der Waals surface area contributed by atoms with Gasteiger partial charge in [-0.2, -0.15) is 0 Å². The minimum atomic E-state index is 0. The number of pyridine rings is 8. The van der Waals surface area contributed by atoms with Gasteiger partial charge in [0.15, 0.2) is 0 Å². The molecule has 0 bridgehead atoms. The molecule has 8 nitrogen and oxygen atoms in total. The summed E-state index contributed by atoms with van der Waals surface area (Å²) in [6.45, 7) is 15.4. The van der Waals surface area contributed by atoms with E-state index in [1.54, 1.807) is 12.4 Å². The largest absolute Gasteiger partial charge is 0.305 e. The topological polar surface area (TPSA) is 103 Å². The fourth-order valence-corrected chi connectivity index (χ4v) is 11.8. The summed E-state index contributed by atoms with van der Waals surface area (Å²) in [6, 6.07) is 119. The molecule has 8 aromatic heterocycles. The average Bonchev–Trinajstić information content (AvgIpc) is 0.829. The van der Waals surface area contributed by atoms with Crippen molar-refractivity contribution in [2.24, 2.45) is 11.8 Å². The molecule has 0 aliphatic rings. The first-order chi connectivity index (χ1) is 52.9. The summed E-state index contributed by atoms with van der Waals surface area (Å²) in [5.41, 5.74) is 26.5. The van der Waals surface area contributed by atoms with E-state index in [0.717, 1.165) is 86.2 Å². The van der Waals surface area contributed by atoms with E-state index < -0.39 is 0 Å². The Morgan fingerprint density at radius 3 is 0.929 bits per heavy atom. The summed E-state index contributed by atoms with van der Waals surface area (Å²) < 4.78 is 0. The fraction of sp³-hybridized carbons (Fsp3) is 0.120. The second-order valence-electron chi connectivity index (χ2n) is 26.9. The van der Waals surface area contributed by atoms with Gasteiger partial charge in [0, 0.05) is 130 Å². The molecule has 0 fully saturated rings. The molecule has 0 N–H and O–H groups in total. The minimum absolute atomic E-state index is 0. The molecule has 0 amide bonds. The molecule has 12 heteroatoms. The van der Waals surface area contributed by atoms with Crippen LogP contribution in [0.2, 0.25) is 0 Å². The summed E-state index contributed by atoms with van der Waals surface area (Å²) >= 11 is 0. The monoisotopic (exact) mass is 2170 g/mol. The van der Waals surface area contributed by atoms with Crippen molar-refractivity contribution >= 4 is 0 Å². The SMILES string of the molecule is CC(C)Cc1ccnc(-c2[c-]ccc(-c3ccccc3)c2)c1.CC(C)Cc1ccnc(-c2cc(-c3ccccc3)ccn2)c1.CC(C)c1ccnc(-c2[c-]ccc(-c3ccccc3)c2)c1.Cc1ccnc(-c2cc(-c3ccccc3)ccn2)c1.[Ir].[Ir].[Ir].[Ir].[c-]1ccccc1-c1ccccn1.[c-]1ccccc1-c1ccccn1. The van der Waals surface area contributed by atoms with E-state index in [1.165, 1.54) is 61.2 Å². The number of benzene rings is 8. The summed E-state index contributed by atoms with van der Waals surface area (Å²) in [4.78, 5) is 35.2. The second-order valence-corrected chi connectivity index (χ2v) is 26.9. The standard InChI is InChI=1S/C21H20N.C20H20N2.C20H18N.C17H14N2.2C11H8N.4Ir/c1-16(2)13-17-11-12-22-21(14-17)20-10-6-9-19(15-20)18-7-4-3-5-8-18;1-15(2)12-16-8-10-21-19(13-16)20-14-18(9-11-22-20)17-6-4-3-5-7-17;1-15(2)17-11-12-21-20(14-17)19-10-6-9-18(13-19)16-7-4-3-5-8-16;1-13-7-9-18-16(11-13)17-12-15(8-10-19-17)14-5-3-2-4-6-14;2*1-2-6-10(7-3-1)11-8-4-5-9-12-11;;;;/h3-9,11-12,14-16H,13H2,1-2H3;3-11,13-15H,12H2,1-2H3;3-9,11-15H,1-2H3;2-12H,1H3;2*1-6,8-9H;;;;/q-1;;-1;;2*-1;;;;. The summed E-state index contributed by atoms with van der Waals surface area (Å²) in [7, 11) is 0. The van der Waals surface area contributed by atoms with E-state index in [2.05, 4.69) is 276 Å². The molecule has 16 aromatic rings. The molecule has 112 heavy (non-hydrogen) atoms. The maximum Gasteiger partial charge on any atom is 0.0892 e. The molecule has 8 aromatic carbocycles. The van der Waals surface area contributed by atoms with Crippen molar-refractivity contribution in [1.82, 2.24) is 39.9 Å². The maximum atomic E-state index is 4.52. The molecule has 0 atom stereocenters. The van der Waals surface area contributed by atoms with E-state index in [4.69, 9.17) is 0 Å². The summed E-state index contributed by atoms with van der Waals surface area (Å²) in [5.74, 6) is 1.79. The molecule has 0 aliphatic carbocycles. The van der Waals surface area contributed by atoms with Crippen molar-refractivity contribution in [3.63, 3.8) is 0 Å². The third-order valence-electron chi connectivity index (χ3n) is 17.2. The number of rotatable bonds is 15. The Morgan fingerprint density at radius 2 is 0.554 bits per heavy atom. The first-order valence-electron chi connectivity index (χ1n) is 36.7. The van der Waals surface area contributed by atoms with Crippen LogP contribution in [0, 0.1) is 43.0 Å². The average molecular weight is 2170 g/mol. The van der Waals surface area contributed by atoms with Gasteiger partial charge in [0.25, 0.3) is 0 Å². The Balaban J connectivity index is 0.000000188. The predicted molar refractivity (Wildman–Crippen MR) is 447 cm³/mol. The molecular formula is C100H88Ir4N8-4. The zero-order valence-corrected chi connectivity index (χ0v) is 73.3. The molecule has 0 unspecified atom stereocenters. The van der Waals surface area contributed by atoms with Crippen LogP contribution in [-0.2, 0) is 93.3 Å². The Labute approximate surface area is 716 Å². The third-order valence-corrected chi connectivity index (χ3v) is 17.2. The van der Waals surface area contributed by atoms with Crippen molar-refractivity contribution in [3.05, 3.63) is 412 Å². The zero-order chi connectivity index (χ0) is 74.9. The van der Waals surface area contributed by atoms with Crippen LogP contribution in [0.5, 0.6) is 0 Å². The van der Waals surface area contributed by atoms with Crippen LogP contribution in [0.4, 0.5) is 0 Å². The number of nitrogens with zero attached hydrogens (tertiary/aromatic N) is 8. The molecule has 568 valence electrons. The third kappa shape index (κ3) is 28.1.